The van der Waals surface area contributed by atoms with Crippen LogP contribution in [0.3, 0.4) is 0 Å². The molecular weight excluding hydrogens is 354 g/mol. The van der Waals surface area contributed by atoms with E-state index in [1.54, 1.807) is 6.92 Å². The number of hydrogen-bond acceptors (Lipinski definition) is 7. The van der Waals surface area contributed by atoms with E-state index in [4.69, 9.17) is 10.9 Å². The smallest absolute Gasteiger partial charge is 0.253 e. The average Bonchev–Trinajstić information content (AvgIpc) is 2.45. The lowest BCUT2D eigenvalue weighted by Gasteiger charge is -2.11. The Morgan fingerprint density at radius 3 is 2.50 bits per heavy atom. The lowest BCUT2D eigenvalue weighted by molar-refractivity contribution is -0.115. The van der Waals surface area contributed by atoms with Crippen LogP contribution in [0.4, 0.5) is 11.5 Å². The molecule has 1 atom stereocenters. The maximum Gasteiger partial charge on any atom is 0.253 e. The van der Waals surface area contributed by atoms with E-state index in [0.717, 1.165) is 17.8 Å². The van der Waals surface area contributed by atoms with Crippen molar-refractivity contribution in [2.24, 2.45) is 5.14 Å². The molecule has 24 heavy (non-hydrogen) atoms. The van der Waals surface area contributed by atoms with Gasteiger partial charge in [-0.25, -0.2) is 18.5 Å². The molecule has 0 aliphatic rings. The molecule has 0 saturated carbocycles. The second kappa shape index (κ2) is 7.03. The van der Waals surface area contributed by atoms with Gasteiger partial charge in [-0.2, -0.15) is 0 Å². The quantitative estimate of drug-likeness (QED) is 0.430. The number of rotatable bonds is 5. The highest BCUT2D eigenvalue weighted by atomic mass is 32.2. The van der Waals surface area contributed by atoms with Crippen LogP contribution in [0.1, 0.15) is 6.92 Å². The second-order valence-corrected chi connectivity index (χ2v) is 7.69. The van der Waals surface area contributed by atoms with Crippen molar-refractivity contribution in [2.45, 2.75) is 22.2 Å². The van der Waals surface area contributed by atoms with Crippen molar-refractivity contribution >= 4 is 39.2 Å². The minimum Gasteiger partial charge on any atom is -0.383 e. The summed E-state index contributed by atoms with van der Waals surface area (Å²) in [7, 11) is -3.78. The molecule has 1 aromatic heterocycles. The van der Waals surface area contributed by atoms with Gasteiger partial charge in [0.2, 0.25) is 15.9 Å². The third-order valence-electron chi connectivity index (χ3n) is 2.85. The number of hydrogen-bond donors (Lipinski definition) is 4. The highest BCUT2D eigenvalue weighted by molar-refractivity contribution is 8.00. The zero-order valence-corrected chi connectivity index (χ0v) is 14.1. The first-order chi connectivity index (χ1) is 11.1. The van der Waals surface area contributed by atoms with E-state index in [0.29, 0.717) is 5.69 Å². The van der Waals surface area contributed by atoms with Gasteiger partial charge in [-0.1, -0.05) is 11.8 Å². The number of benzene rings is 1. The van der Waals surface area contributed by atoms with E-state index in [1.165, 1.54) is 24.3 Å². The van der Waals surface area contributed by atoms with Gasteiger partial charge < -0.3 is 16.0 Å². The number of nitrogens with one attached hydrogen (secondary N) is 2. The molecule has 128 valence electrons. The molecule has 0 bridgehead atoms. The van der Waals surface area contributed by atoms with E-state index in [1.807, 2.05) is 0 Å². The van der Waals surface area contributed by atoms with Gasteiger partial charge in [0.1, 0.15) is 5.82 Å². The number of nitrogens with zero attached hydrogens (tertiary/aromatic N) is 1. The zero-order valence-electron chi connectivity index (χ0n) is 12.5. The molecule has 11 heteroatoms. The van der Waals surface area contributed by atoms with E-state index in [9.17, 15) is 18.0 Å². The standard InChI is InChI=1S/C13H15N5O4S2/c1-7(23-13-17-10(14)6-11(19)18-13)12(20)16-8-2-4-9(5-3-8)24(15,21)22/h2-7H,1H3,(H,16,20)(H2,15,21,22)(H3,14,17,18,19). The number of anilines is 2. The van der Waals surface area contributed by atoms with Crippen LogP contribution >= 0.6 is 11.8 Å². The molecule has 1 aromatic carbocycles. The van der Waals surface area contributed by atoms with Crippen LogP contribution in [0.15, 0.2) is 45.2 Å². The molecule has 6 N–H and O–H groups in total. The van der Waals surface area contributed by atoms with Gasteiger partial charge in [0.05, 0.1) is 10.1 Å². The maximum absolute atomic E-state index is 12.1. The lowest BCUT2D eigenvalue weighted by atomic mass is 10.3. The van der Waals surface area contributed by atoms with E-state index < -0.39 is 20.8 Å². The highest BCUT2D eigenvalue weighted by Gasteiger charge is 2.16. The Hall–Kier alpha value is -2.37. The van der Waals surface area contributed by atoms with Crippen molar-refractivity contribution in [3.8, 4) is 0 Å². The summed E-state index contributed by atoms with van der Waals surface area (Å²) >= 11 is 1.03. The molecule has 1 heterocycles. The number of amides is 1. The summed E-state index contributed by atoms with van der Waals surface area (Å²) in [6, 6.07) is 6.58. The molecule has 1 unspecified atom stereocenters. The SMILES string of the molecule is CC(Sc1nc(N)cc(=O)[nH]1)C(=O)Nc1ccc(S(N)(=O)=O)cc1. The van der Waals surface area contributed by atoms with Crippen LogP contribution in [-0.2, 0) is 14.8 Å². The van der Waals surface area contributed by atoms with Crippen molar-refractivity contribution in [1.82, 2.24) is 9.97 Å². The van der Waals surface area contributed by atoms with Gasteiger partial charge in [0.25, 0.3) is 5.56 Å². The third-order valence-corrected chi connectivity index (χ3v) is 4.76. The lowest BCUT2D eigenvalue weighted by Crippen LogP contribution is -2.23. The number of carbonyl (C=O) groups excluding carboxylic acids is 1. The fourth-order valence-corrected chi connectivity index (χ4v) is 3.04. The van der Waals surface area contributed by atoms with E-state index >= 15 is 0 Å². The number of aromatic amines is 1. The summed E-state index contributed by atoms with van der Waals surface area (Å²) in [5.41, 5.74) is 5.48. The summed E-state index contributed by atoms with van der Waals surface area (Å²) in [5.74, 6) is -0.291. The summed E-state index contributed by atoms with van der Waals surface area (Å²) in [4.78, 5) is 29.8. The number of nitrogens with two attached hydrogens (primary N) is 2. The first kappa shape index (κ1) is 18.0. The number of nitrogen functional groups attached to an aromatic ring is 1. The maximum atomic E-state index is 12.1. The zero-order chi connectivity index (χ0) is 17.9. The predicted octanol–water partition coefficient (Wildman–Crippen LogP) is 0.119. The molecule has 9 nitrogen and oxygen atoms in total. The fraction of sp³-hybridized carbons (Fsp3) is 0.154. The van der Waals surface area contributed by atoms with Gasteiger partial charge in [-0.05, 0) is 31.2 Å². The molecule has 0 aliphatic heterocycles. The topological polar surface area (TPSA) is 161 Å². The fourth-order valence-electron chi connectivity index (χ4n) is 1.70. The van der Waals surface area contributed by atoms with E-state index in [2.05, 4.69) is 15.3 Å². The Balaban J connectivity index is 2.04. The molecule has 0 fully saturated rings. The monoisotopic (exact) mass is 369 g/mol. The van der Waals surface area contributed by atoms with E-state index in [-0.39, 0.29) is 21.8 Å². The predicted molar refractivity (Wildman–Crippen MR) is 91.0 cm³/mol. The molecule has 1 amide bonds. The van der Waals surface area contributed by atoms with Gasteiger partial charge in [-0.3, -0.25) is 9.59 Å². The summed E-state index contributed by atoms with van der Waals surface area (Å²) in [6.07, 6.45) is 0. The van der Waals surface area contributed by atoms with Gasteiger partial charge in [0.15, 0.2) is 5.16 Å². The number of aromatic nitrogens is 2. The number of sulfonamides is 1. The largest absolute Gasteiger partial charge is 0.383 e. The van der Waals surface area contributed by atoms with Crippen LogP contribution in [0.5, 0.6) is 0 Å². The Bertz CT molecular complexity index is 909. The first-order valence-corrected chi connectivity index (χ1v) is 9.05. The van der Waals surface area contributed by atoms with Gasteiger partial charge >= 0.3 is 0 Å². The summed E-state index contributed by atoms with van der Waals surface area (Å²) in [6.45, 7) is 1.63. The van der Waals surface area contributed by atoms with Gasteiger partial charge in [0, 0.05) is 11.8 Å². The minimum absolute atomic E-state index is 0.0514. The Kier molecular flexibility index (Phi) is 5.26. The van der Waals surface area contributed by atoms with Crippen molar-refractivity contribution in [3.63, 3.8) is 0 Å². The van der Waals surface area contributed by atoms with Crippen molar-refractivity contribution in [3.05, 3.63) is 40.7 Å². The van der Waals surface area contributed by atoms with Crippen LogP contribution in [0, 0.1) is 0 Å². The molecule has 0 spiro atoms. The number of primary sulfonamides is 1. The van der Waals surface area contributed by atoms with Crippen LogP contribution in [0.2, 0.25) is 0 Å². The van der Waals surface area contributed by atoms with Crippen LogP contribution in [0.25, 0.3) is 0 Å². The van der Waals surface area contributed by atoms with Crippen molar-refractivity contribution < 1.29 is 13.2 Å². The third kappa shape index (κ3) is 4.81. The van der Waals surface area contributed by atoms with Crippen LogP contribution < -0.4 is 21.7 Å². The summed E-state index contributed by atoms with van der Waals surface area (Å²) in [5, 5.41) is 7.28. The number of carbonyl (C=O) groups is 1. The average molecular weight is 369 g/mol. The molecular formula is C13H15N5O4S2. The Morgan fingerprint density at radius 1 is 1.33 bits per heavy atom. The second-order valence-electron chi connectivity index (χ2n) is 4.79. The van der Waals surface area contributed by atoms with Crippen molar-refractivity contribution in [1.29, 1.82) is 0 Å². The molecule has 0 saturated heterocycles. The van der Waals surface area contributed by atoms with Crippen LogP contribution in [-0.4, -0.2) is 29.5 Å². The highest BCUT2D eigenvalue weighted by Crippen LogP contribution is 2.21. The Labute approximate surface area is 141 Å². The molecule has 0 radical (unpaired) electrons. The minimum atomic E-state index is -3.78. The van der Waals surface area contributed by atoms with Crippen molar-refractivity contribution in [2.75, 3.05) is 11.1 Å². The Morgan fingerprint density at radius 2 is 1.96 bits per heavy atom. The number of thioether (sulfide) groups is 1. The number of H-pyrrole nitrogens is 1. The first-order valence-electron chi connectivity index (χ1n) is 6.62. The molecule has 0 aliphatic carbocycles. The summed E-state index contributed by atoms with van der Waals surface area (Å²) < 4.78 is 22.3. The molecule has 2 rings (SSSR count). The molecule has 2 aromatic rings. The van der Waals surface area contributed by atoms with Gasteiger partial charge in [-0.15, -0.1) is 0 Å². The normalized spacial score (nSPS) is 12.6.